The number of carbonyl (C=O) groups excluding carboxylic acids is 2. The number of amides is 3. The molecular weight excluding hydrogens is 408 g/mol. The van der Waals surface area contributed by atoms with Crippen LogP contribution >= 0.6 is 0 Å². The van der Waals surface area contributed by atoms with E-state index < -0.39 is 5.60 Å². The smallest absolute Gasteiger partial charge is 0.326 e. The molecule has 4 aliphatic rings. The van der Waals surface area contributed by atoms with Crippen LogP contribution in [0.5, 0.6) is 0 Å². The van der Waals surface area contributed by atoms with E-state index in [1.54, 1.807) is 24.2 Å². The van der Waals surface area contributed by atoms with Gasteiger partial charge in [-0.3, -0.25) is 9.69 Å². The van der Waals surface area contributed by atoms with Gasteiger partial charge >= 0.3 is 6.03 Å². The third-order valence-electron chi connectivity index (χ3n) is 7.23. The zero-order chi connectivity index (χ0) is 22.5. The number of hydrogen-bond donors (Lipinski definition) is 3. The molecular formula is C23H28N6O3. The summed E-state index contributed by atoms with van der Waals surface area (Å²) >= 11 is 0. The SMILES string of the molecule is CC(=O)Nc1ccccc1Nc1ncc2c(n1)N(C)C(=O)N(C13CCC(O)(CC1)CC3)C2. The molecule has 2 aromatic rings. The molecule has 0 radical (unpaired) electrons. The first-order valence-corrected chi connectivity index (χ1v) is 11.1. The zero-order valence-corrected chi connectivity index (χ0v) is 18.4. The summed E-state index contributed by atoms with van der Waals surface area (Å²) in [6.07, 6.45) is 6.51. The highest BCUT2D eigenvalue weighted by Crippen LogP contribution is 2.51. The van der Waals surface area contributed by atoms with Crippen molar-refractivity contribution in [2.24, 2.45) is 0 Å². The van der Waals surface area contributed by atoms with E-state index in [1.165, 1.54) is 6.92 Å². The Hall–Kier alpha value is -3.20. The van der Waals surface area contributed by atoms with Crippen LogP contribution in [-0.2, 0) is 11.3 Å². The Balaban J connectivity index is 1.40. The topological polar surface area (TPSA) is 111 Å². The van der Waals surface area contributed by atoms with Crippen molar-refractivity contribution in [3.8, 4) is 0 Å². The third kappa shape index (κ3) is 3.46. The Morgan fingerprint density at radius 2 is 1.75 bits per heavy atom. The van der Waals surface area contributed by atoms with E-state index in [2.05, 4.69) is 20.6 Å². The second-order valence-electron chi connectivity index (χ2n) is 9.27. The number of hydrogen-bond acceptors (Lipinski definition) is 6. The lowest BCUT2D eigenvalue weighted by Crippen LogP contribution is -2.63. The molecule has 32 heavy (non-hydrogen) atoms. The highest BCUT2D eigenvalue weighted by molar-refractivity contribution is 5.94. The van der Waals surface area contributed by atoms with Crippen LogP contribution in [0.15, 0.2) is 30.5 Å². The van der Waals surface area contributed by atoms with Gasteiger partial charge in [0, 0.05) is 31.3 Å². The molecule has 3 aliphatic carbocycles. The van der Waals surface area contributed by atoms with Crippen molar-refractivity contribution in [3.05, 3.63) is 36.0 Å². The molecule has 3 saturated carbocycles. The molecule has 1 aromatic heterocycles. The first-order valence-electron chi connectivity index (χ1n) is 11.1. The van der Waals surface area contributed by atoms with Crippen molar-refractivity contribution in [2.45, 2.75) is 63.1 Å². The maximum Gasteiger partial charge on any atom is 0.326 e. The minimum atomic E-state index is -0.540. The van der Waals surface area contributed by atoms with Crippen molar-refractivity contribution in [1.29, 1.82) is 0 Å². The highest BCUT2D eigenvalue weighted by Gasteiger charge is 2.53. The fourth-order valence-corrected chi connectivity index (χ4v) is 5.30. The number of nitrogens with zero attached hydrogens (tertiary/aromatic N) is 4. The lowest BCUT2D eigenvalue weighted by molar-refractivity contribution is -0.114. The molecule has 9 nitrogen and oxygen atoms in total. The monoisotopic (exact) mass is 436 g/mol. The Bertz CT molecular complexity index is 1060. The molecule has 3 amide bonds. The number of carbonyl (C=O) groups is 2. The van der Waals surface area contributed by atoms with Gasteiger partial charge < -0.3 is 20.6 Å². The number of urea groups is 1. The van der Waals surface area contributed by atoms with Gasteiger partial charge in [-0.2, -0.15) is 4.98 Å². The Labute approximate surface area is 186 Å². The van der Waals surface area contributed by atoms with Crippen LogP contribution in [0.1, 0.15) is 51.0 Å². The number of para-hydroxylation sites is 2. The first-order chi connectivity index (χ1) is 15.3. The second kappa shape index (κ2) is 7.44. The fraction of sp³-hybridized carbons (Fsp3) is 0.478. The molecule has 3 fully saturated rings. The van der Waals surface area contributed by atoms with Crippen LogP contribution in [-0.4, -0.2) is 50.1 Å². The maximum atomic E-state index is 13.4. The van der Waals surface area contributed by atoms with Crippen LogP contribution in [0.25, 0.3) is 0 Å². The molecule has 0 unspecified atom stereocenters. The fourth-order valence-electron chi connectivity index (χ4n) is 5.30. The number of rotatable bonds is 4. The highest BCUT2D eigenvalue weighted by atomic mass is 16.3. The van der Waals surface area contributed by atoms with E-state index in [1.807, 2.05) is 23.1 Å². The van der Waals surface area contributed by atoms with E-state index >= 15 is 0 Å². The zero-order valence-electron chi connectivity index (χ0n) is 18.4. The number of benzene rings is 1. The predicted molar refractivity (Wildman–Crippen MR) is 121 cm³/mol. The standard InChI is InChI=1S/C23H28N6O3/c1-15(30)25-17-5-3-4-6-18(17)26-20-24-13-16-14-29(21(31)28(2)19(16)27-20)22-7-10-23(32,11-8-22)12-9-22/h3-6,13,32H,7-12,14H2,1-2H3,(H,25,30)(H,24,26,27). The molecule has 168 valence electrons. The summed E-state index contributed by atoms with van der Waals surface area (Å²) in [6.45, 7) is 1.93. The summed E-state index contributed by atoms with van der Waals surface area (Å²) < 4.78 is 0. The molecule has 1 aromatic carbocycles. The van der Waals surface area contributed by atoms with Gasteiger partial charge in [0.15, 0.2) is 0 Å². The molecule has 9 heteroatoms. The lowest BCUT2D eigenvalue weighted by Gasteiger charge is -2.57. The molecule has 3 N–H and O–H groups in total. The average Bonchev–Trinajstić information content (AvgIpc) is 2.78. The van der Waals surface area contributed by atoms with E-state index in [0.29, 0.717) is 29.7 Å². The van der Waals surface area contributed by atoms with Crippen LogP contribution < -0.4 is 15.5 Å². The van der Waals surface area contributed by atoms with Crippen LogP contribution in [0.4, 0.5) is 27.9 Å². The number of anilines is 4. The number of nitrogens with one attached hydrogen (secondary N) is 2. The Morgan fingerprint density at radius 3 is 2.41 bits per heavy atom. The summed E-state index contributed by atoms with van der Waals surface area (Å²) in [6, 6.07) is 7.26. The van der Waals surface area contributed by atoms with Crippen molar-refractivity contribution in [3.63, 3.8) is 0 Å². The molecule has 1 aliphatic heterocycles. The van der Waals surface area contributed by atoms with Crippen molar-refractivity contribution < 1.29 is 14.7 Å². The van der Waals surface area contributed by atoms with E-state index in [0.717, 1.165) is 44.1 Å². The van der Waals surface area contributed by atoms with Crippen molar-refractivity contribution in [1.82, 2.24) is 14.9 Å². The molecule has 0 spiro atoms. The molecule has 0 atom stereocenters. The quantitative estimate of drug-likeness (QED) is 0.678. The summed E-state index contributed by atoms with van der Waals surface area (Å²) in [5, 5.41) is 16.5. The minimum Gasteiger partial charge on any atom is -0.390 e. The summed E-state index contributed by atoms with van der Waals surface area (Å²) in [4.78, 5) is 37.5. The van der Waals surface area contributed by atoms with Gasteiger partial charge in [-0.15, -0.1) is 0 Å². The Morgan fingerprint density at radius 1 is 1.09 bits per heavy atom. The summed E-state index contributed by atoms with van der Waals surface area (Å²) in [7, 11) is 1.74. The average molecular weight is 437 g/mol. The van der Waals surface area contributed by atoms with Gasteiger partial charge in [0.25, 0.3) is 0 Å². The molecule has 2 heterocycles. The van der Waals surface area contributed by atoms with Crippen LogP contribution in [0.2, 0.25) is 0 Å². The van der Waals surface area contributed by atoms with Crippen molar-refractivity contribution in [2.75, 3.05) is 22.6 Å². The predicted octanol–water partition coefficient (Wildman–Crippen LogP) is 3.39. The number of aromatic nitrogens is 2. The van der Waals surface area contributed by atoms with E-state index in [4.69, 9.17) is 0 Å². The molecule has 2 bridgehead atoms. The number of fused-ring (bicyclic) bond motifs is 4. The van der Waals surface area contributed by atoms with Gasteiger partial charge in [0.2, 0.25) is 11.9 Å². The van der Waals surface area contributed by atoms with Gasteiger partial charge in [0.1, 0.15) is 5.82 Å². The van der Waals surface area contributed by atoms with Crippen LogP contribution in [0, 0.1) is 0 Å². The van der Waals surface area contributed by atoms with Gasteiger partial charge in [-0.1, -0.05) is 12.1 Å². The number of aliphatic hydroxyl groups is 1. The van der Waals surface area contributed by atoms with E-state index in [9.17, 15) is 14.7 Å². The van der Waals surface area contributed by atoms with Gasteiger partial charge in [-0.05, 0) is 50.7 Å². The van der Waals surface area contributed by atoms with Gasteiger partial charge in [-0.25, -0.2) is 9.78 Å². The van der Waals surface area contributed by atoms with E-state index in [-0.39, 0.29) is 17.5 Å². The van der Waals surface area contributed by atoms with Crippen molar-refractivity contribution >= 4 is 35.1 Å². The maximum absolute atomic E-state index is 13.4. The lowest BCUT2D eigenvalue weighted by atomic mass is 9.62. The Kier molecular flexibility index (Phi) is 4.81. The molecule has 0 saturated heterocycles. The molecule has 6 rings (SSSR count). The largest absolute Gasteiger partial charge is 0.390 e. The summed E-state index contributed by atoms with van der Waals surface area (Å²) in [5.74, 6) is 0.771. The van der Waals surface area contributed by atoms with Crippen LogP contribution in [0.3, 0.4) is 0 Å². The second-order valence-corrected chi connectivity index (χ2v) is 9.27. The normalized spacial score (nSPS) is 26.7. The first kappa shape index (κ1) is 20.7. The summed E-state index contributed by atoms with van der Waals surface area (Å²) in [5.41, 5.74) is 1.47. The van der Waals surface area contributed by atoms with Gasteiger partial charge in [0.05, 0.1) is 23.5 Å². The third-order valence-corrected chi connectivity index (χ3v) is 7.23. The minimum absolute atomic E-state index is 0.0619.